The summed E-state index contributed by atoms with van der Waals surface area (Å²) in [5.74, 6) is 1.87. The first-order valence-electron chi connectivity index (χ1n) is 6.11. The molecule has 1 aromatic carbocycles. The van der Waals surface area contributed by atoms with Crippen LogP contribution in [0.5, 0.6) is 11.5 Å². The molecule has 0 radical (unpaired) electrons. The zero-order chi connectivity index (χ0) is 13.5. The maximum atomic E-state index is 5.61. The van der Waals surface area contributed by atoms with E-state index in [4.69, 9.17) is 19.9 Å². The van der Waals surface area contributed by atoms with E-state index in [1.807, 2.05) is 6.07 Å². The van der Waals surface area contributed by atoms with Crippen LogP contribution in [0.25, 0.3) is 0 Å². The number of benzene rings is 1. The quantitative estimate of drug-likeness (QED) is 0.810. The van der Waals surface area contributed by atoms with Crippen molar-refractivity contribution in [2.75, 3.05) is 27.9 Å². The van der Waals surface area contributed by atoms with Crippen molar-refractivity contribution in [1.29, 1.82) is 0 Å². The molecule has 1 rings (SSSR count). The Labute approximate surface area is 109 Å². The topological polar surface area (TPSA) is 53.7 Å². The minimum absolute atomic E-state index is 0.394. The molecule has 1 atom stereocenters. The standard InChI is InChI=1S/C14H23NO3/c1-10(5-6-15)11-7-12(9-16-2)14(18-4)13(8-11)17-3/h7-8,10H,5-6,9,15H2,1-4H3. The molecule has 0 aromatic heterocycles. The van der Waals surface area contributed by atoms with Crippen molar-refractivity contribution in [2.45, 2.75) is 25.9 Å². The van der Waals surface area contributed by atoms with E-state index in [1.54, 1.807) is 21.3 Å². The third-order valence-corrected chi connectivity index (χ3v) is 3.05. The van der Waals surface area contributed by atoms with Gasteiger partial charge >= 0.3 is 0 Å². The van der Waals surface area contributed by atoms with Crippen LogP contribution in [0.4, 0.5) is 0 Å². The van der Waals surface area contributed by atoms with Gasteiger partial charge in [0.2, 0.25) is 0 Å². The average Bonchev–Trinajstić information content (AvgIpc) is 2.38. The van der Waals surface area contributed by atoms with Gasteiger partial charge in [-0.25, -0.2) is 0 Å². The van der Waals surface area contributed by atoms with Crippen LogP contribution in [0, 0.1) is 0 Å². The number of hydrogen-bond acceptors (Lipinski definition) is 4. The molecule has 2 N–H and O–H groups in total. The highest BCUT2D eigenvalue weighted by molar-refractivity contribution is 5.50. The van der Waals surface area contributed by atoms with Gasteiger partial charge in [-0.2, -0.15) is 0 Å². The lowest BCUT2D eigenvalue weighted by Gasteiger charge is -2.17. The molecule has 4 heteroatoms. The van der Waals surface area contributed by atoms with Crippen LogP contribution in [0.3, 0.4) is 0 Å². The number of rotatable bonds is 7. The summed E-state index contributed by atoms with van der Waals surface area (Å²) >= 11 is 0. The smallest absolute Gasteiger partial charge is 0.166 e. The van der Waals surface area contributed by atoms with Gasteiger partial charge in [0.15, 0.2) is 11.5 Å². The third kappa shape index (κ3) is 3.37. The summed E-state index contributed by atoms with van der Waals surface area (Å²) in [4.78, 5) is 0. The number of ether oxygens (including phenoxy) is 3. The Bertz CT molecular complexity index is 380. The lowest BCUT2D eigenvalue weighted by Crippen LogP contribution is -2.06. The highest BCUT2D eigenvalue weighted by Gasteiger charge is 2.15. The van der Waals surface area contributed by atoms with Crippen LogP contribution in [0.15, 0.2) is 12.1 Å². The second-order valence-corrected chi connectivity index (χ2v) is 4.33. The van der Waals surface area contributed by atoms with Crippen molar-refractivity contribution in [3.05, 3.63) is 23.3 Å². The van der Waals surface area contributed by atoms with Gasteiger partial charge in [-0.1, -0.05) is 6.92 Å². The van der Waals surface area contributed by atoms with Gasteiger partial charge in [0.05, 0.1) is 20.8 Å². The van der Waals surface area contributed by atoms with Crippen molar-refractivity contribution in [2.24, 2.45) is 5.73 Å². The normalized spacial score (nSPS) is 12.3. The fourth-order valence-corrected chi connectivity index (χ4v) is 2.03. The molecule has 0 heterocycles. The maximum absolute atomic E-state index is 5.61. The van der Waals surface area contributed by atoms with Crippen molar-refractivity contribution in [3.8, 4) is 11.5 Å². The number of hydrogen-bond donors (Lipinski definition) is 1. The zero-order valence-corrected chi connectivity index (χ0v) is 11.7. The Kier molecular flexibility index (Phi) is 5.95. The molecule has 0 bridgehead atoms. The summed E-state index contributed by atoms with van der Waals surface area (Å²) < 4.78 is 16.0. The van der Waals surface area contributed by atoms with Crippen LogP contribution in [0.1, 0.15) is 30.4 Å². The van der Waals surface area contributed by atoms with Gasteiger partial charge in [0.25, 0.3) is 0 Å². The molecule has 0 spiro atoms. The molecule has 0 aliphatic rings. The minimum Gasteiger partial charge on any atom is -0.493 e. The lowest BCUT2D eigenvalue weighted by atomic mass is 9.95. The largest absolute Gasteiger partial charge is 0.493 e. The second-order valence-electron chi connectivity index (χ2n) is 4.33. The van der Waals surface area contributed by atoms with E-state index in [-0.39, 0.29) is 0 Å². The fraction of sp³-hybridized carbons (Fsp3) is 0.571. The summed E-state index contributed by atoms with van der Waals surface area (Å²) in [6.07, 6.45) is 0.946. The summed E-state index contributed by atoms with van der Waals surface area (Å²) in [6, 6.07) is 4.11. The van der Waals surface area contributed by atoms with Crippen LogP contribution in [0.2, 0.25) is 0 Å². The van der Waals surface area contributed by atoms with E-state index in [0.29, 0.717) is 19.1 Å². The first-order chi connectivity index (χ1) is 8.67. The number of methoxy groups -OCH3 is 3. The van der Waals surface area contributed by atoms with Crippen LogP contribution < -0.4 is 15.2 Å². The highest BCUT2D eigenvalue weighted by atomic mass is 16.5. The Balaban J connectivity index is 3.17. The molecule has 0 amide bonds. The molecule has 102 valence electrons. The highest BCUT2D eigenvalue weighted by Crippen LogP contribution is 2.35. The van der Waals surface area contributed by atoms with Crippen molar-refractivity contribution < 1.29 is 14.2 Å². The van der Waals surface area contributed by atoms with Gasteiger partial charge in [-0.15, -0.1) is 0 Å². The van der Waals surface area contributed by atoms with Gasteiger partial charge in [0, 0.05) is 12.7 Å². The second kappa shape index (κ2) is 7.24. The monoisotopic (exact) mass is 253 g/mol. The molecular weight excluding hydrogens is 230 g/mol. The van der Waals surface area contributed by atoms with E-state index >= 15 is 0 Å². The van der Waals surface area contributed by atoms with Crippen LogP contribution in [-0.2, 0) is 11.3 Å². The lowest BCUT2D eigenvalue weighted by molar-refractivity contribution is 0.180. The Hall–Kier alpha value is -1.26. The predicted octanol–water partition coefficient (Wildman–Crippen LogP) is 2.30. The maximum Gasteiger partial charge on any atom is 0.166 e. The molecule has 0 saturated heterocycles. The average molecular weight is 253 g/mol. The molecular formula is C14H23NO3. The SMILES string of the molecule is COCc1cc(C(C)CCN)cc(OC)c1OC. The Morgan fingerprint density at radius 3 is 2.39 bits per heavy atom. The van der Waals surface area contributed by atoms with E-state index in [9.17, 15) is 0 Å². The van der Waals surface area contributed by atoms with E-state index in [1.165, 1.54) is 5.56 Å². The van der Waals surface area contributed by atoms with Gasteiger partial charge in [-0.05, 0) is 36.6 Å². The van der Waals surface area contributed by atoms with E-state index in [2.05, 4.69) is 13.0 Å². The van der Waals surface area contributed by atoms with Gasteiger partial charge < -0.3 is 19.9 Å². The molecule has 0 aliphatic carbocycles. The van der Waals surface area contributed by atoms with E-state index in [0.717, 1.165) is 23.5 Å². The van der Waals surface area contributed by atoms with Crippen molar-refractivity contribution >= 4 is 0 Å². The Morgan fingerprint density at radius 1 is 1.17 bits per heavy atom. The zero-order valence-electron chi connectivity index (χ0n) is 11.7. The van der Waals surface area contributed by atoms with Crippen molar-refractivity contribution in [1.82, 2.24) is 0 Å². The van der Waals surface area contributed by atoms with E-state index < -0.39 is 0 Å². The molecule has 18 heavy (non-hydrogen) atoms. The van der Waals surface area contributed by atoms with Gasteiger partial charge in [0.1, 0.15) is 0 Å². The van der Waals surface area contributed by atoms with Crippen LogP contribution in [-0.4, -0.2) is 27.9 Å². The molecule has 0 aliphatic heterocycles. The van der Waals surface area contributed by atoms with Crippen molar-refractivity contribution in [3.63, 3.8) is 0 Å². The first-order valence-corrected chi connectivity index (χ1v) is 6.11. The molecule has 0 saturated carbocycles. The minimum atomic E-state index is 0.394. The predicted molar refractivity (Wildman–Crippen MR) is 72.3 cm³/mol. The summed E-state index contributed by atoms with van der Waals surface area (Å²) in [7, 11) is 4.95. The first kappa shape index (κ1) is 14.8. The number of nitrogens with two attached hydrogens (primary N) is 1. The molecule has 1 unspecified atom stereocenters. The summed E-state index contributed by atoms with van der Waals surface area (Å²) in [5, 5.41) is 0. The summed E-state index contributed by atoms with van der Waals surface area (Å²) in [6.45, 7) is 3.34. The summed E-state index contributed by atoms with van der Waals surface area (Å²) in [5.41, 5.74) is 7.81. The molecule has 1 aromatic rings. The van der Waals surface area contributed by atoms with Crippen LogP contribution >= 0.6 is 0 Å². The molecule has 4 nitrogen and oxygen atoms in total. The fourth-order valence-electron chi connectivity index (χ4n) is 2.03. The van der Waals surface area contributed by atoms with Gasteiger partial charge in [-0.3, -0.25) is 0 Å². The Morgan fingerprint density at radius 2 is 1.89 bits per heavy atom. The third-order valence-electron chi connectivity index (χ3n) is 3.05. The molecule has 0 fully saturated rings.